The smallest absolute Gasteiger partial charge is 0.151 e. The molecule has 5 heteroatoms. The van der Waals surface area contributed by atoms with Gasteiger partial charge in [0, 0.05) is 11.4 Å². The highest BCUT2D eigenvalue weighted by molar-refractivity contribution is 7.99. The summed E-state index contributed by atoms with van der Waals surface area (Å²) in [7, 11) is 0. The van der Waals surface area contributed by atoms with E-state index < -0.39 is 0 Å². The first-order valence-corrected chi connectivity index (χ1v) is 10.3. The second kappa shape index (κ2) is 8.58. The van der Waals surface area contributed by atoms with Gasteiger partial charge in [0.15, 0.2) is 5.82 Å². The summed E-state index contributed by atoms with van der Waals surface area (Å²) in [6, 6.07) is 10.6. The summed E-state index contributed by atoms with van der Waals surface area (Å²) in [5, 5.41) is 0. The summed E-state index contributed by atoms with van der Waals surface area (Å²) in [5.41, 5.74) is 10.4. The number of nitrogens with zero attached hydrogens (tertiary/aromatic N) is 3. The van der Waals surface area contributed by atoms with Gasteiger partial charge in [-0.25, -0.2) is 9.97 Å². The number of pyridine rings is 1. The Kier molecular flexibility index (Phi) is 6.20. The van der Waals surface area contributed by atoms with Gasteiger partial charge in [-0.2, -0.15) is 0 Å². The maximum Gasteiger partial charge on any atom is 0.151 e. The Balaban J connectivity index is 1.57. The SMILES string of the molecule is Cc1c(C(C)C)nc(N)c2ncn(CCCCCSc3ccccc3)c12. The Morgan fingerprint density at radius 2 is 1.88 bits per heavy atom. The van der Waals surface area contributed by atoms with Crippen LogP contribution in [0, 0.1) is 6.92 Å². The Morgan fingerprint density at radius 1 is 1.12 bits per heavy atom. The first-order chi connectivity index (χ1) is 12.6. The van der Waals surface area contributed by atoms with Crippen molar-refractivity contribution >= 4 is 28.6 Å². The fourth-order valence-corrected chi connectivity index (χ4v) is 4.28. The standard InChI is InChI=1S/C21H28N4S/c1-15(2)18-16(3)20-19(21(22)24-18)23-14-25(20)12-8-5-9-13-26-17-10-6-4-7-11-17/h4,6-7,10-11,14-15H,5,8-9,12-13H2,1-3H3,(H2,22,24). The molecule has 0 aliphatic rings. The lowest BCUT2D eigenvalue weighted by molar-refractivity contribution is 0.614. The predicted molar refractivity (Wildman–Crippen MR) is 112 cm³/mol. The monoisotopic (exact) mass is 368 g/mol. The van der Waals surface area contributed by atoms with Crippen LogP contribution >= 0.6 is 11.8 Å². The van der Waals surface area contributed by atoms with Gasteiger partial charge < -0.3 is 10.3 Å². The number of nitrogen functional groups attached to an aromatic ring is 1. The number of unbranched alkanes of at least 4 members (excludes halogenated alkanes) is 2. The van der Waals surface area contributed by atoms with Crippen LogP contribution < -0.4 is 5.73 Å². The van der Waals surface area contributed by atoms with E-state index in [9.17, 15) is 0 Å². The number of benzene rings is 1. The molecular weight excluding hydrogens is 340 g/mol. The second-order valence-corrected chi connectivity index (χ2v) is 8.19. The van der Waals surface area contributed by atoms with Gasteiger partial charge in [-0.05, 0) is 49.1 Å². The van der Waals surface area contributed by atoms with E-state index in [1.54, 1.807) is 0 Å². The van der Waals surface area contributed by atoms with E-state index in [1.807, 2.05) is 18.1 Å². The van der Waals surface area contributed by atoms with Crippen molar-refractivity contribution in [2.75, 3.05) is 11.5 Å². The van der Waals surface area contributed by atoms with Gasteiger partial charge in [-0.15, -0.1) is 11.8 Å². The molecule has 0 fully saturated rings. The molecule has 2 aromatic heterocycles. The summed E-state index contributed by atoms with van der Waals surface area (Å²) >= 11 is 1.94. The molecule has 4 nitrogen and oxygen atoms in total. The lowest BCUT2D eigenvalue weighted by atomic mass is 10.0. The lowest BCUT2D eigenvalue weighted by Gasteiger charge is -2.13. The van der Waals surface area contributed by atoms with Crippen LogP contribution in [0.15, 0.2) is 41.6 Å². The van der Waals surface area contributed by atoms with E-state index in [0.29, 0.717) is 11.7 Å². The van der Waals surface area contributed by atoms with Gasteiger partial charge >= 0.3 is 0 Å². The van der Waals surface area contributed by atoms with Crippen molar-refractivity contribution in [3.05, 3.63) is 47.9 Å². The number of aromatic nitrogens is 3. The first-order valence-electron chi connectivity index (χ1n) is 9.36. The van der Waals surface area contributed by atoms with Crippen molar-refractivity contribution in [3.8, 4) is 0 Å². The van der Waals surface area contributed by atoms with Crippen molar-refractivity contribution in [3.63, 3.8) is 0 Å². The zero-order valence-corrected chi connectivity index (χ0v) is 16.7. The largest absolute Gasteiger partial charge is 0.382 e. The molecular formula is C21H28N4S. The topological polar surface area (TPSA) is 56.7 Å². The van der Waals surface area contributed by atoms with Crippen LogP contribution in [0.4, 0.5) is 5.82 Å². The molecule has 1 aromatic carbocycles. The third kappa shape index (κ3) is 4.21. The van der Waals surface area contributed by atoms with Gasteiger partial charge in [0.05, 0.1) is 17.5 Å². The molecule has 0 radical (unpaired) electrons. The zero-order chi connectivity index (χ0) is 18.5. The molecule has 0 atom stereocenters. The Morgan fingerprint density at radius 3 is 2.62 bits per heavy atom. The fraction of sp³-hybridized carbons (Fsp3) is 0.429. The van der Waals surface area contributed by atoms with E-state index in [1.165, 1.54) is 29.1 Å². The maximum absolute atomic E-state index is 6.14. The van der Waals surface area contributed by atoms with Crippen LogP contribution in [0.1, 0.15) is 50.3 Å². The molecule has 0 bridgehead atoms. The number of anilines is 1. The highest BCUT2D eigenvalue weighted by Crippen LogP contribution is 2.28. The van der Waals surface area contributed by atoms with Crippen molar-refractivity contribution in [2.24, 2.45) is 0 Å². The first kappa shape index (κ1) is 18.8. The number of thioether (sulfide) groups is 1. The van der Waals surface area contributed by atoms with Crippen LogP contribution in [0.25, 0.3) is 11.0 Å². The third-order valence-electron chi connectivity index (χ3n) is 4.66. The fourth-order valence-electron chi connectivity index (χ4n) is 3.35. The third-order valence-corrected chi connectivity index (χ3v) is 5.76. The second-order valence-electron chi connectivity index (χ2n) is 7.02. The molecule has 0 saturated carbocycles. The van der Waals surface area contributed by atoms with Crippen molar-refractivity contribution in [2.45, 2.75) is 57.4 Å². The van der Waals surface area contributed by atoms with Crippen LogP contribution in [-0.2, 0) is 6.54 Å². The van der Waals surface area contributed by atoms with E-state index in [0.717, 1.165) is 29.7 Å². The van der Waals surface area contributed by atoms with Crippen LogP contribution in [0.2, 0.25) is 0 Å². The normalized spacial score (nSPS) is 11.5. The number of imidazole rings is 1. The van der Waals surface area contributed by atoms with E-state index >= 15 is 0 Å². The minimum absolute atomic E-state index is 0.361. The van der Waals surface area contributed by atoms with E-state index in [4.69, 9.17) is 5.73 Å². The predicted octanol–water partition coefficient (Wildman–Crippen LogP) is 5.41. The molecule has 0 amide bonds. The number of rotatable bonds is 8. The maximum atomic E-state index is 6.14. The number of hydrogen-bond acceptors (Lipinski definition) is 4. The summed E-state index contributed by atoms with van der Waals surface area (Å²) in [6.07, 6.45) is 5.51. The van der Waals surface area contributed by atoms with E-state index in [-0.39, 0.29) is 0 Å². The van der Waals surface area contributed by atoms with Gasteiger partial charge in [0.2, 0.25) is 0 Å². The summed E-state index contributed by atoms with van der Waals surface area (Å²) < 4.78 is 2.25. The quantitative estimate of drug-likeness (QED) is 0.427. The van der Waals surface area contributed by atoms with Gasteiger partial charge in [0.1, 0.15) is 5.52 Å². The summed E-state index contributed by atoms with van der Waals surface area (Å²) in [6.45, 7) is 7.44. The molecule has 0 aliphatic carbocycles. The highest BCUT2D eigenvalue weighted by atomic mass is 32.2. The molecule has 0 saturated heterocycles. The van der Waals surface area contributed by atoms with Crippen molar-refractivity contribution < 1.29 is 0 Å². The molecule has 0 spiro atoms. The molecule has 138 valence electrons. The zero-order valence-electron chi connectivity index (χ0n) is 15.9. The number of fused-ring (bicyclic) bond motifs is 1. The molecule has 0 aliphatic heterocycles. The van der Waals surface area contributed by atoms with Gasteiger partial charge in [-0.1, -0.05) is 38.5 Å². The summed E-state index contributed by atoms with van der Waals surface area (Å²) in [5.74, 6) is 2.08. The molecule has 26 heavy (non-hydrogen) atoms. The van der Waals surface area contributed by atoms with Gasteiger partial charge in [0.25, 0.3) is 0 Å². The Hall–Kier alpha value is -2.01. The Labute approximate surface area is 160 Å². The van der Waals surface area contributed by atoms with Crippen LogP contribution in [0.3, 0.4) is 0 Å². The molecule has 0 unspecified atom stereocenters. The highest BCUT2D eigenvalue weighted by Gasteiger charge is 2.16. The van der Waals surface area contributed by atoms with Crippen molar-refractivity contribution in [1.82, 2.24) is 14.5 Å². The van der Waals surface area contributed by atoms with Crippen LogP contribution in [0.5, 0.6) is 0 Å². The number of hydrogen-bond donors (Lipinski definition) is 1. The molecule has 3 aromatic rings. The van der Waals surface area contributed by atoms with Gasteiger partial charge in [-0.3, -0.25) is 0 Å². The van der Waals surface area contributed by atoms with Crippen LogP contribution in [-0.4, -0.2) is 20.3 Å². The number of aryl methyl sites for hydroxylation is 2. The lowest BCUT2D eigenvalue weighted by Crippen LogP contribution is -2.05. The van der Waals surface area contributed by atoms with E-state index in [2.05, 4.69) is 65.6 Å². The molecule has 3 rings (SSSR count). The average Bonchev–Trinajstić information content (AvgIpc) is 3.06. The molecule has 2 heterocycles. The minimum atomic E-state index is 0.361. The number of nitrogens with two attached hydrogens (primary N) is 1. The molecule has 2 N–H and O–H groups in total. The average molecular weight is 369 g/mol. The summed E-state index contributed by atoms with van der Waals surface area (Å²) in [4.78, 5) is 10.4. The Bertz CT molecular complexity index is 855. The minimum Gasteiger partial charge on any atom is -0.382 e. The van der Waals surface area contributed by atoms with Crippen molar-refractivity contribution in [1.29, 1.82) is 0 Å².